The molecule has 0 heterocycles. The summed E-state index contributed by atoms with van der Waals surface area (Å²) in [4.78, 5) is 4.68. The van der Waals surface area contributed by atoms with Crippen molar-refractivity contribution in [3.8, 4) is 0 Å². The third-order valence-electron chi connectivity index (χ3n) is 4.03. The number of aliphatic imine (C=N–C) groups is 1. The molecule has 0 saturated carbocycles. The molecular formula is C22H31N. The van der Waals surface area contributed by atoms with E-state index in [1.54, 1.807) is 0 Å². The van der Waals surface area contributed by atoms with E-state index in [1.807, 2.05) is 6.92 Å². The van der Waals surface area contributed by atoms with Crippen molar-refractivity contribution >= 4 is 11.3 Å². The van der Waals surface area contributed by atoms with Crippen LogP contribution in [0.1, 0.15) is 62.8 Å². The third-order valence-corrected chi connectivity index (χ3v) is 4.03. The molecule has 0 amide bonds. The van der Waals surface area contributed by atoms with Crippen molar-refractivity contribution in [1.82, 2.24) is 0 Å². The second-order valence-electron chi connectivity index (χ2n) is 6.58. The van der Waals surface area contributed by atoms with Gasteiger partial charge in [-0.2, -0.15) is 0 Å². The van der Waals surface area contributed by atoms with Crippen molar-refractivity contribution in [2.45, 2.75) is 60.3 Å². The normalized spacial score (nSPS) is 11.4. The second-order valence-corrected chi connectivity index (χ2v) is 6.58. The van der Waals surface area contributed by atoms with E-state index >= 15 is 0 Å². The molecule has 0 aliphatic heterocycles. The summed E-state index contributed by atoms with van der Waals surface area (Å²) in [5.41, 5.74) is 9.75. The van der Waals surface area contributed by atoms with Gasteiger partial charge in [-0.3, -0.25) is 4.99 Å². The van der Waals surface area contributed by atoms with Crippen LogP contribution >= 0.6 is 0 Å². The van der Waals surface area contributed by atoms with E-state index in [1.165, 1.54) is 27.8 Å². The van der Waals surface area contributed by atoms with E-state index in [-0.39, 0.29) is 0 Å². The lowest BCUT2D eigenvalue weighted by atomic mass is 9.89. The lowest BCUT2D eigenvalue weighted by molar-refractivity contribution is 0.917. The van der Waals surface area contributed by atoms with E-state index in [4.69, 9.17) is 0 Å². The van der Waals surface area contributed by atoms with Gasteiger partial charge in [-0.25, -0.2) is 0 Å². The Labute approximate surface area is 142 Å². The molecule has 23 heavy (non-hydrogen) atoms. The molecule has 0 aromatic heterocycles. The van der Waals surface area contributed by atoms with E-state index in [9.17, 15) is 0 Å². The summed E-state index contributed by atoms with van der Waals surface area (Å²) >= 11 is 0. The van der Waals surface area contributed by atoms with E-state index in [0.717, 1.165) is 42.7 Å². The summed E-state index contributed by atoms with van der Waals surface area (Å²) in [6, 6.07) is 4.43. The monoisotopic (exact) mass is 309 g/mol. The maximum absolute atomic E-state index is 4.68. The van der Waals surface area contributed by atoms with Crippen LogP contribution in [0.4, 0.5) is 0 Å². The van der Waals surface area contributed by atoms with Gasteiger partial charge in [0.25, 0.3) is 0 Å². The van der Waals surface area contributed by atoms with Crippen LogP contribution in [-0.2, 0) is 12.8 Å². The van der Waals surface area contributed by atoms with Gasteiger partial charge in [-0.1, -0.05) is 43.4 Å². The number of nitrogens with zero attached hydrogens (tertiary/aromatic N) is 1. The van der Waals surface area contributed by atoms with Crippen LogP contribution < -0.4 is 0 Å². The lowest BCUT2D eigenvalue weighted by Gasteiger charge is -2.16. The maximum atomic E-state index is 4.68. The van der Waals surface area contributed by atoms with E-state index in [2.05, 4.69) is 64.6 Å². The van der Waals surface area contributed by atoms with Crippen LogP contribution in [0.5, 0.6) is 0 Å². The van der Waals surface area contributed by atoms with Crippen LogP contribution in [0.2, 0.25) is 0 Å². The molecule has 1 aromatic carbocycles. The van der Waals surface area contributed by atoms with Crippen LogP contribution in [0, 0.1) is 6.92 Å². The minimum Gasteiger partial charge on any atom is -0.263 e. The van der Waals surface area contributed by atoms with E-state index < -0.39 is 0 Å². The Kier molecular flexibility index (Phi) is 7.22. The molecular weight excluding hydrogens is 278 g/mol. The molecule has 0 bridgehead atoms. The van der Waals surface area contributed by atoms with Gasteiger partial charge < -0.3 is 0 Å². The zero-order valence-corrected chi connectivity index (χ0v) is 15.6. The molecule has 0 aliphatic rings. The molecule has 0 fully saturated rings. The van der Waals surface area contributed by atoms with E-state index in [0.29, 0.717) is 0 Å². The summed E-state index contributed by atoms with van der Waals surface area (Å²) in [6.45, 7) is 22.7. The molecule has 0 saturated heterocycles. The summed E-state index contributed by atoms with van der Waals surface area (Å²) in [7, 11) is 0. The van der Waals surface area contributed by atoms with Crippen LogP contribution in [0.3, 0.4) is 0 Å². The quantitative estimate of drug-likeness (QED) is 0.386. The zero-order chi connectivity index (χ0) is 17.6. The topological polar surface area (TPSA) is 12.4 Å². The Hall–Kier alpha value is -1.89. The van der Waals surface area contributed by atoms with Gasteiger partial charge in [0, 0.05) is 17.8 Å². The predicted molar refractivity (Wildman–Crippen MR) is 105 cm³/mol. The van der Waals surface area contributed by atoms with Crippen molar-refractivity contribution in [2.24, 2.45) is 4.99 Å². The smallest absolute Gasteiger partial charge is 0.0334 e. The van der Waals surface area contributed by atoms with Gasteiger partial charge in [-0.05, 0) is 69.2 Å². The average Bonchev–Trinajstić information content (AvgIpc) is 2.45. The molecule has 1 aromatic rings. The highest BCUT2D eigenvalue weighted by Crippen LogP contribution is 2.26. The molecule has 0 N–H and O–H groups in total. The first kappa shape index (κ1) is 19.2. The van der Waals surface area contributed by atoms with Crippen molar-refractivity contribution in [3.05, 3.63) is 65.4 Å². The summed E-state index contributed by atoms with van der Waals surface area (Å²) in [5, 5.41) is 0. The summed E-state index contributed by atoms with van der Waals surface area (Å²) in [5.74, 6) is 0. The SMILES string of the molecule is C=C(C)CCC(=C)N=C(C)Cc1ccc(C)c(C(=C)C)c1CC. The molecule has 0 aliphatic carbocycles. The molecule has 0 unspecified atom stereocenters. The standard InChI is InChI=1S/C22H31N/c1-9-21-20(13-11-17(6)22(21)16(4)5)14-19(8)23-18(7)12-10-15(2)3/h11,13H,2,4,7,9-10,12,14H2,1,3,5-6,8H3. The van der Waals surface area contributed by atoms with Gasteiger partial charge >= 0.3 is 0 Å². The van der Waals surface area contributed by atoms with Crippen molar-refractivity contribution in [3.63, 3.8) is 0 Å². The van der Waals surface area contributed by atoms with Crippen LogP contribution in [-0.4, -0.2) is 5.71 Å². The van der Waals surface area contributed by atoms with Gasteiger partial charge in [0.05, 0.1) is 0 Å². The highest BCUT2D eigenvalue weighted by atomic mass is 14.7. The Morgan fingerprint density at radius 3 is 2.22 bits per heavy atom. The minimum atomic E-state index is 0.871. The number of allylic oxidation sites excluding steroid dienone is 3. The Morgan fingerprint density at radius 1 is 1.04 bits per heavy atom. The Balaban J connectivity index is 3.00. The number of hydrogen-bond acceptors (Lipinski definition) is 1. The van der Waals surface area contributed by atoms with Crippen LogP contribution in [0.15, 0.2) is 48.1 Å². The zero-order valence-electron chi connectivity index (χ0n) is 15.6. The highest BCUT2D eigenvalue weighted by molar-refractivity contribution is 5.86. The molecule has 0 radical (unpaired) electrons. The first-order valence-corrected chi connectivity index (χ1v) is 8.39. The average molecular weight is 309 g/mol. The number of benzene rings is 1. The molecule has 1 nitrogen and oxygen atoms in total. The largest absolute Gasteiger partial charge is 0.263 e. The molecule has 0 spiro atoms. The highest BCUT2D eigenvalue weighted by Gasteiger charge is 2.11. The number of rotatable bonds is 8. The first-order valence-electron chi connectivity index (χ1n) is 8.39. The van der Waals surface area contributed by atoms with Crippen molar-refractivity contribution in [1.29, 1.82) is 0 Å². The lowest BCUT2D eigenvalue weighted by Crippen LogP contribution is -2.05. The second kappa shape index (κ2) is 8.67. The van der Waals surface area contributed by atoms with Gasteiger partial charge in [0.2, 0.25) is 0 Å². The third kappa shape index (κ3) is 5.67. The van der Waals surface area contributed by atoms with Gasteiger partial charge in [0.15, 0.2) is 0 Å². The molecule has 1 heteroatoms. The minimum absolute atomic E-state index is 0.871. The van der Waals surface area contributed by atoms with Crippen molar-refractivity contribution in [2.75, 3.05) is 0 Å². The van der Waals surface area contributed by atoms with Gasteiger partial charge in [0.1, 0.15) is 0 Å². The Bertz CT molecular complexity index is 644. The molecule has 0 atom stereocenters. The number of aryl methyl sites for hydroxylation is 1. The fourth-order valence-corrected chi connectivity index (χ4v) is 2.97. The maximum Gasteiger partial charge on any atom is 0.0334 e. The van der Waals surface area contributed by atoms with Gasteiger partial charge in [-0.15, -0.1) is 6.58 Å². The van der Waals surface area contributed by atoms with Crippen molar-refractivity contribution < 1.29 is 0 Å². The fraction of sp³-hybridized carbons (Fsp3) is 0.409. The Morgan fingerprint density at radius 2 is 1.70 bits per heavy atom. The predicted octanol–water partition coefficient (Wildman–Crippen LogP) is 6.46. The first-order chi connectivity index (χ1) is 10.8. The van der Waals surface area contributed by atoms with Crippen LogP contribution in [0.25, 0.3) is 5.57 Å². The fourth-order valence-electron chi connectivity index (χ4n) is 2.97. The molecule has 1 rings (SSSR count). The summed E-state index contributed by atoms with van der Waals surface area (Å²) < 4.78 is 0. The summed E-state index contributed by atoms with van der Waals surface area (Å²) in [6.07, 6.45) is 3.73. The molecule has 124 valence electrons. The number of hydrogen-bond donors (Lipinski definition) is 0.